The van der Waals surface area contributed by atoms with Gasteiger partial charge in [0.15, 0.2) is 0 Å². The molecule has 0 bridgehead atoms. The fourth-order valence-electron chi connectivity index (χ4n) is 3.69. The number of nitrogens with zero attached hydrogens (tertiary/aromatic N) is 2. The van der Waals surface area contributed by atoms with Crippen LogP contribution in [0.1, 0.15) is 11.1 Å². The highest BCUT2D eigenvalue weighted by molar-refractivity contribution is 5.97. The minimum atomic E-state index is 0.0989. The van der Waals surface area contributed by atoms with Crippen molar-refractivity contribution in [3.8, 4) is 34.4 Å². The van der Waals surface area contributed by atoms with Gasteiger partial charge in [-0.05, 0) is 33.4 Å². The SMILES string of the molecule is N#CC(C#N)=C(c1ccccc1-c1ccccc1)c1ccccc1-c1ccccc1. The molecular weight excluding hydrogens is 364 g/mol. The van der Waals surface area contributed by atoms with Crippen molar-refractivity contribution < 1.29 is 0 Å². The second kappa shape index (κ2) is 8.74. The lowest BCUT2D eigenvalue weighted by atomic mass is 9.84. The molecule has 4 rings (SSSR count). The van der Waals surface area contributed by atoms with Crippen molar-refractivity contribution >= 4 is 5.57 Å². The van der Waals surface area contributed by atoms with Crippen LogP contribution in [0, 0.1) is 22.7 Å². The Hall–Kier alpha value is -4.40. The number of hydrogen-bond acceptors (Lipinski definition) is 2. The van der Waals surface area contributed by atoms with E-state index in [1.807, 2.05) is 109 Å². The third-order valence-electron chi connectivity index (χ3n) is 5.04. The van der Waals surface area contributed by atoms with Gasteiger partial charge >= 0.3 is 0 Å². The largest absolute Gasteiger partial charge is 0.192 e. The van der Waals surface area contributed by atoms with Crippen molar-refractivity contribution in [2.24, 2.45) is 0 Å². The molecule has 0 aliphatic carbocycles. The van der Waals surface area contributed by atoms with Crippen LogP contribution in [-0.4, -0.2) is 0 Å². The molecule has 0 aliphatic heterocycles. The molecule has 0 fully saturated rings. The number of benzene rings is 4. The van der Waals surface area contributed by atoms with Crippen molar-refractivity contribution in [2.75, 3.05) is 0 Å². The predicted molar refractivity (Wildman–Crippen MR) is 121 cm³/mol. The molecule has 140 valence electrons. The summed E-state index contributed by atoms with van der Waals surface area (Å²) in [5, 5.41) is 19.6. The Labute approximate surface area is 176 Å². The zero-order valence-corrected chi connectivity index (χ0v) is 16.3. The maximum atomic E-state index is 9.81. The fraction of sp³-hybridized carbons (Fsp3) is 0. The van der Waals surface area contributed by atoms with Gasteiger partial charge in [-0.25, -0.2) is 0 Å². The van der Waals surface area contributed by atoms with Crippen LogP contribution in [0.25, 0.3) is 27.8 Å². The zero-order chi connectivity index (χ0) is 20.8. The summed E-state index contributed by atoms with van der Waals surface area (Å²) in [7, 11) is 0. The number of hydrogen-bond donors (Lipinski definition) is 0. The van der Waals surface area contributed by atoms with E-state index in [0.717, 1.165) is 33.4 Å². The average Bonchev–Trinajstić information content (AvgIpc) is 2.84. The van der Waals surface area contributed by atoms with Crippen molar-refractivity contribution in [3.05, 3.63) is 126 Å². The molecule has 0 radical (unpaired) electrons. The van der Waals surface area contributed by atoms with Gasteiger partial charge in [0, 0.05) is 5.57 Å². The predicted octanol–water partition coefficient (Wildman–Crippen LogP) is 6.87. The molecule has 0 saturated carbocycles. The normalized spacial score (nSPS) is 9.93. The monoisotopic (exact) mass is 382 g/mol. The Morgan fingerprint density at radius 1 is 0.467 bits per heavy atom. The van der Waals surface area contributed by atoms with Crippen LogP contribution < -0.4 is 0 Å². The highest BCUT2D eigenvalue weighted by atomic mass is 14.3. The van der Waals surface area contributed by atoms with Gasteiger partial charge in [0.25, 0.3) is 0 Å². The van der Waals surface area contributed by atoms with E-state index in [9.17, 15) is 10.5 Å². The van der Waals surface area contributed by atoms with E-state index in [1.165, 1.54) is 0 Å². The van der Waals surface area contributed by atoms with Crippen molar-refractivity contribution in [1.29, 1.82) is 10.5 Å². The summed E-state index contributed by atoms with van der Waals surface area (Å²) in [4.78, 5) is 0. The van der Waals surface area contributed by atoms with E-state index in [1.54, 1.807) is 0 Å². The fourth-order valence-corrected chi connectivity index (χ4v) is 3.69. The molecule has 0 unspecified atom stereocenters. The van der Waals surface area contributed by atoms with Crippen LogP contribution in [0.4, 0.5) is 0 Å². The quantitative estimate of drug-likeness (QED) is 0.362. The first-order valence-corrected chi connectivity index (χ1v) is 9.67. The smallest absolute Gasteiger partial charge is 0.138 e. The second-order valence-corrected chi connectivity index (χ2v) is 6.80. The average molecular weight is 382 g/mol. The Morgan fingerprint density at radius 3 is 1.23 bits per heavy atom. The molecule has 0 aromatic heterocycles. The summed E-state index contributed by atoms with van der Waals surface area (Å²) in [6.45, 7) is 0. The first kappa shape index (κ1) is 18.9. The van der Waals surface area contributed by atoms with Gasteiger partial charge in [0.1, 0.15) is 17.7 Å². The molecular formula is C28H18N2. The molecule has 0 atom stereocenters. The van der Waals surface area contributed by atoms with Crippen LogP contribution in [0.3, 0.4) is 0 Å². The topological polar surface area (TPSA) is 47.6 Å². The molecule has 30 heavy (non-hydrogen) atoms. The number of nitriles is 2. The second-order valence-electron chi connectivity index (χ2n) is 6.80. The van der Waals surface area contributed by atoms with Crippen molar-refractivity contribution in [1.82, 2.24) is 0 Å². The maximum Gasteiger partial charge on any atom is 0.138 e. The summed E-state index contributed by atoms with van der Waals surface area (Å²) >= 11 is 0. The van der Waals surface area contributed by atoms with Gasteiger partial charge in [-0.2, -0.15) is 10.5 Å². The first-order valence-electron chi connectivity index (χ1n) is 9.67. The first-order chi connectivity index (χ1) is 14.8. The molecule has 0 saturated heterocycles. The van der Waals surface area contributed by atoms with Crippen LogP contribution in [0.15, 0.2) is 115 Å². The van der Waals surface area contributed by atoms with E-state index in [-0.39, 0.29) is 5.57 Å². The third-order valence-corrected chi connectivity index (χ3v) is 5.04. The van der Waals surface area contributed by atoms with Gasteiger partial charge in [-0.3, -0.25) is 0 Å². The summed E-state index contributed by atoms with van der Waals surface area (Å²) in [6, 6.07) is 40.2. The maximum absolute atomic E-state index is 9.81. The molecule has 0 heterocycles. The molecule has 0 aliphatic rings. The molecule has 0 N–H and O–H groups in total. The minimum Gasteiger partial charge on any atom is -0.192 e. The van der Waals surface area contributed by atoms with Crippen LogP contribution in [0.5, 0.6) is 0 Å². The lowest BCUT2D eigenvalue weighted by Crippen LogP contribution is -1.98. The van der Waals surface area contributed by atoms with Crippen LogP contribution >= 0.6 is 0 Å². The van der Waals surface area contributed by atoms with Gasteiger partial charge in [-0.15, -0.1) is 0 Å². The lowest BCUT2D eigenvalue weighted by Gasteiger charge is -2.17. The number of allylic oxidation sites excluding steroid dienone is 1. The molecule has 2 nitrogen and oxygen atoms in total. The molecule has 0 amide bonds. The van der Waals surface area contributed by atoms with Gasteiger partial charge in [-0.1, -0.05) is 109 Å². The van der Waals surface area contributed by atoms with Crippen molar-refractivity contribution in [2.45, 2.75) is 0 Å². The zero-order valence-electron chi connectivity index (χ0n) is 16.3. The molecule has 4 aromatic rings. The Morgan fingerprint density at radius 2 is 0.833 bits per heavy atom. The highest BCUT2D eigenvalue weighted by Crippen LogP contribution is 2.38. The van der Waals surface area contributed by atoms with E-state index in [2.05, 4.69) is 12.1 Å². The minimum absolute atomic E-state index is 0.0989. The van der Waals surface area contributed by atoms with Crippen LogP contribution in [0.2, 0.25) is 0 Å². The van der Waals surface area contributed by atoms with Gasteiger partial charge in [0.05, 0.1) is 0 Å². The Kier molecular flexibility index (Phi) is 5.52. The van der Waals surface area contributed by atoms with E-state index >= 15 is 0 Å². The summed E-state index contributed by atoms with van der Waals surface area (Å²) in [5.41, 5.74) is 6.53. The van der Waals surface area contributed by atoms with Crippen LogP contribution in [-0.2, 0) is 0 Å². The van der Waals surface area contributed by atoms with Gasteiger partial charge < -0.3 is 0 Å². The van der Waals surface area contributed by atoms with Gasteiger partial charge in [0.2, 0.25) is 0 Å². The third kappa shape index (κ3) is 3.63. The van der Waals surface area contributed by atoms with E-state index in [4.69, 9.17) is 0 Å². The Balaban J connectivity index is 2.04. The van der Waals surface area contributed by atoms with E-state index in [0.29, 0.717) is 5.57 Å². The summed E-state index contributed by atoms with van der Waals surface area (Å²) in [5.74, 6) is 0. The summed E-state index contributed by atoms with van der Waals surface area (Å²) < 4.78 is 0. The molecule has 4 aromatic carbocycles. The highest BCUT2D eigenvalue weighted by Gasteiger charge is 2.19. The number of rotatable bonds is 4. The van der Waals surface area contributed by atoms with E-state index < -0.39 is 0 Å². The molecule has 2 heteroatoms. The lowest BCUT2D eigenvalue weighted by molar-refractivity contribution is 1.44. The molecule has 0 spiro atoms. The Bertz CT molecular complexity index is 1190. The standard InChI is InChI=1S/C28H18N2/c29-19-23(20-30)28(26-17-9-7-15-24(26)21-11-3-1-4-12-21)27-18-10-8-16-25(27)22-13-5-2-6-14-22/h1-18H. The summed E-state index contributed by atoms with van der Waals surface area (Å²) in [6.07, 6.45) is 0. The van der Waals surface area contributed by atoms with Crippen molar-refractivity contribution in [3.63, 3.8) is 0 Å².